The summed E-state index contributed by atoms with van der Waals surface area (Å²) in [6.45, 7) is 7.66. The molecule has 0 aliphatic carbocycles. The van der Waals surface area contributed by atoms with Crippen LogP contribution in [0.2, 0.25) is 0 Å². The number of ether oxygens (including phenoxy) is 1. The quantitative estimate of drug-likeness (QED) is 0.553. The van der Waals surface area contributed by atoms with Crippen LogP contribution in [0.5, 0.6) is 0 Å². The topological polar surface area (TPSA) is 105 Å². The third kappa shape index (κ3) is 8.24. The van der Waals surface area contributed by atoms with E-state index < -0.39 is 29.6 Å². The van der Waals surface area contributed by atoms with Gasteiger partial charge in [0.05, 0.1) is 5.92 Å². The molecule has 0 spiro atoms. The van der Waals surface area contributed by atoms with Crippen LogP contribution in [0.25, 0.3) is 6.08 Å². The van der Waals surface area contributed by atoms with Crippen LogP contribution in [0.3, 0.4) is 0 Å². The molecule has 1 atom stereocenters. The van der Waals surface area contributed by atoms with E-state index >= 15 is 0 Å². The van der Waals surface area contributed by atoms with Crippen molar-refractivity contribution >= 4 is 29.9 Å². The van der Waals surface area contributed by atoms with Crippen LogP contribution < -0.4 is 10.6 Å². The minimum Gasteiger partial charge on any atom is -0.452 e. The molecule has 1 aliphatic heterocycles. The van der Waals surface area contributed by atoms with Gasteiger partial charge in [0.1, 0.15) is 0 Å². The van der Waals surface area contributed by atoms with Crippen molar-refractivity contribution in [3.63, 3.8) is 0 Å². The number of urea groups is 1. The molecule has 0 radical (unpaired) electrons. The minimum absolute atomic E-state index is 0.103. The van der Waals surface area contributed by atoms with Gasteiger partial charge >= 0.3 is 12.0 Å². The Morgan fingerprint density at radius 2 is 1.71 bits per heavy atom. The first-order chi connectivity index (χ1) is 14.5. The molecule has 1 fully saturated rings. The van der Waals surface area contributed by atoms with Gasteiger partial charge in [0.2, 0.25) is 5.91 Å². The standard InChI is InChI=1S/C23H31N3O5/c1-16(20(28)24-22(30)25-23(2,3)4)31-21(29)18-12-14-26(15-13-18)19(27)11-10-17-8-6-5-7-9-17/h5-11,16,18H,12-15H2,1-4H3,(H2,24,25,28,30)/b11-10+/t16-/m1/s1. The van der Waals surface area contributed by atoms with E-state index in [4.69, 9.17) is 4.74 Å². The predicted molar refractivity (Wildman–Crippen MR) is 117 cm³/mol. The number of esters is 1. The minimum atomic E-state index is -1.09. The van der Waals surface area contributed by atoms with E-state index in [2.05, 4.69) is 10.6 Å². The van der Waals surface area contributed by atoms with Crippen molar-refractivity contribution in [2.24, 2.45) is 5.92 Å². The van der Waals surface area contributed by atoms with E-state index in [1.165, 1.54) is 13.0 Å². The van der Waals surface area contributed by atoms with Gasteiger partial charge < -0.3 is 15.0 Å². The number of carbonyl (C=O) groups is 4. The summed E-state index contributed by atoms with van der Waals surface area (Å²) in [6, 6.07) is 8.90. The number of piperidine rings is 1. The summed E-state index contributed by atoms with van der Waals surface area (Å²) in [5, 5.41) is 4.77. The molecule has 4 amide bonds. The molecule has 31 heavy (non-hydrogen) atoms. The zero-order chi connectivity index (χ0) is 23.0. The highest BCUT2D eigenvalue weighted by Gasteiger charge is 2.30. The molecule has 8 nitrogen and oxygen atoms in total. The van der Waals surface area contributed by atoms with Crippen LogP contribution in [0.15, 0.2) is 36.4 Å². The van der Waals surface area contributed by atoms with Crippen LogP contribution in [-0.2, 0) is 19.1 Å². The molecular weight excluding hydrogens is 398 g/mol. The van der Waals surface area contributed by atoms with E-state index in [1.54, 1.807) is 31.7 Å². The molecule has 168 valence electrons. The molecule has 1 aromatic rings. The Morgan fingerprint density at radius 3 is 2.29 bits per heavy atom. The van der Waals surface area contributed by atoms with Gasteiger partial charge in [0.25, 0.3) is 5.91 Å². The van der Waals surface area contributed by atoms with Gasteiger partial charge in [-0.05, 0) is 52.2 Å². The number of imide groups is 1. The van der Waals surface area contributed by atoms with Gasteiger partial charge in [-0.2, -0.15) is 0 Å². The molecule has 0 aromatic heterocycles. The maximum Gasteiger partial charge on any atom is 0.321 e. The number of carbonyl (C=O) groups excluding carboxylic acids is 4. The number of nitrogens with one attached hydrogen (secondary N) is 2. The lowest BCUT2D eigenvalue weighted by Gasteiger charge is -2.30. The van der Waals surface area contributed by atoms with E-state index in [0.29, 0.717) is 25.9 Å². The van der Waals surface area contributed by atoms with Gasteiger partial charge in [0, 0.05) is 24.7 Å². The van der Waals surface area contributed by atoms with Crippen LogP contribution in [-0.4, -0.2) is 53.4 Å². The summed E-state index contributed by atoms with van der Waals surface area (Å²) >= 11 is 0. The number of rotatable bonds is 5. The second-order valence-corrected chi connectivity index (χ2v) is 8.62. The highest BCUT2D eigenvalue weighted by molar-refractivity contribution is 5.97. The average molecular weight is 430 g/mol. The fourth-order valence-corrected chi connectivity index (χ4v) is 3.08. The molecule has 1 saturated heterocycles. The predicted octanol–water partition coefficient (Wildman–Crippen LogP) is 2.49. The lowest BCUT2D eigenvalue weighted by Crippen LogP contribution is -2.51. The summed E-state index contributed by atoms with van der Waals surface area (Å²) in [5.41, 5.74) is 0.448. The van der Waals surface area contributed by atoms with E-state index in [1.807, 2.05) is 30.3 Å². The van der Waals surface area contributed by atoms with Crippen molar-refractivity contribution in [1.29, 1.82) is 0 Å². The van der Waals surface area contributed by atoms with Gasteiger partial charge in [-0.3, -0.25) is 19.7 Å². The van der Waals surface area contributed by atoms with Crippen molar-refractivity contribution < 1.29 is 23.9 Å². The molecule has 0 unspecified atom stereocenters. The van der Waals surface area contributed by atoms with Crippen LogP contribution in [0, 0.1) is 5.92 Å². The smallest absolute Gasteiger partial charge is 0.321 e. The van der Waals surface area contributed by atoms with Crippen LogP contribution in [0.4, 0.5) is 4.79 Å². The van der Waals surface area contributed by atoms with Crippen molar-refractivity contribution in [2.45, 2.75) is 52.2 Å². The zero-order valence-corrected chi connectivity index (χ0v) is 18.5. The molecule has 1 aliphatic rings. The van der Waals surface area contributed by atoms with Crippen molar-refractivity contribution in [3.8, 4) is 0 Å². The first kappa shape index (κ1) is 24.1. The van der Waals surface area contributed by atoms with Crippen LogP contribution in [0.1, 0.15) is 46.1 Å². The second kappa shape index (κ2) is 10.7. The Bertz CT molecular complexity index is 821. The SMILES string of the molecule is C[C@@H](OC(=O)C1CCN(C(=O)/C=C/c2ccccc2)CC1)C(=O)NC(=O)NC(C)(C)C. The number of hydrogen-bond acceptors (Lipinski definition) is 5. The fraction of sp³-hybridized carbons (Fsp3) is 0.478. The summed E-state index contributed by atoms with van der Waals surface area (Å²) in [6.07, 6.45) is 3.12. The van der Waals surface area contributed by atoms with E-state index in [9.17, 15) is 19.2 Å². The Morgan fingerprint density at radius 1 is 1.10 bits per heavy atom. The molecule has 0 bridgehead atoms. The Kier molecular flexibility index (Phi) is 8.36. The molecule has 0 saturated carbocycles. The van der Waals surface area contributed by atoms with Gasteiger partial charge in [-0.15, -0.1) is 0 Å². The molecule has 2 rings (SSSR count). The fourth-order valence-electron chi connectivity index (χ4n) is 3.08. The van der Waals surface area contributed by atoms with E-state index in [-0.39, 0.29) is 11.8 Å². The zero-order valence-electron chi connectivity index (χ0n) is 18.5. The van der Waals surface area contributed by atoms with Gasteiger partial charge in [-0.1, -0.05) is 30.3 Å². The Balaban J connectivity index is 1.77. The lowest BCUT2D eigenvalue weighted by molar-refractivity contribution is -0.160. The van der Waals surface area contributed by atoms with Crippen molar-refractivity contribution in [2.75, 3.05) is 13.1 Å². The number of amides is 4. The summed E-state index contributed by atoms with van der Waals surface area (Å²) in [7, 11) is 0. The number of benzene rings is 1. The van der Waals surface area contributed by atoms with E-state index in [0.717, 1.165) is 5.56 Å². The second-order valence-electron chi connectivity index (χ2n) is 8.62. The maximum atomic E-state index is 12.4. The maximum absolute atomic E-state index is 12.4. The first-order valence-electron chi connectivity index (χ1n) is 10.4. The third-order valence-corrected chi connectivity index (χ3v) is 4.75. The molecule has 1 aromatic carbocycles. The summed E-state index contributed by atoms with van der Waals surface area (Å²) in [5.74, 6) is -1.67. The molecule has 8 heteroatoms. The Hall–Kier alpha value is -3.16. The number of nitrogens with zero attached hydrogens (tertiary/aromatic N) is 1. The third-order valence-electron chi connectivity index (χ3n) is 4.75. The monoisotopic (exact) mass is 429 g/mol. The van der Waals surface area contributed by atoms with Crippen molar-refractivity contribution in [3.05, 3.63) is 42.0 Å². The first-order valence-corrected chi connectivity index (χ1v) is 10.4. The Labute approximate surface area is 183 Å². The highest BCUT2D eigenvalue weighted by Crippen LogP contribution is 2.20. The normalized spacial score (nSPS) is 15.9. The van der Waals surface area contributed by atoms with Gasteiger partial charge in [0.15, 0.2) is 6.10 Å². The number of likely N-dealkylation sites (tertiary alicyclic amines) is 1. The number of hydrogen-bond donors (Lipinski definition) is 2. The molecular formula is C23H31N3O5. The average Bonchev–Trinajstić information content (AvgIpc) is 2.71. The highest BCUT2D eigenvalue weighted by atomic mass is 16.5. The lowest BCUT2D eigenvalue weighted by atomic mass is 9.97. The molecule has 1 heterocycles. The summed E-state index contributed by atoms with van der Waals surface area (Å²) in [4.78, 5) is 50.3. The summed E-state index contributed by atoms with van der Waals surface area (Å²) < 4.78 is 5.24. The largest absolute Gasteiger partial charge is 0.452 e. The van der Waals surface area contributed by atoms with Gasteiger partial charge in [-0.25, -0.2) is 4.79 Å². The van der Waals surface area contributed by atoms with Crippen LogP contribution >= 0.6 is 0 Å². The molecule has 2 N–H and O–H groups in total. The van der Waals surface area contributed by atoms with Crippen molar-refractivity contribution in [1.82, 2.24) is 15.5 Å².